The minimum Gasteiger partial charge on any atom is -0.494 e. The molecule has 0 atom stereocenters. The molecule has 0 saturated heterocycles. The molecule has 0 aliphatic rings. The molecule has 0 unspecified atom stereocenters. The number of aryl methyl sites for hydroxylation is 3. The molecule has 0 bridgehead atoms. The van der Waals surface area contributed by atoms with Gasteiger partial charge in [0.15, 0.2) is 11.6 Å². The Morgan fingerprint density at radius 2 is 1.21 bits per heavy atom. The lowest BCUT2D eigenvalue weighted by Crippen LogP contribution is -2.14. The highest BCUT2D eigenvalue weighted by Gasteiger charge is 2.10. The lowest BCUT2D eigenvalue weighted by Gasteiger charge is -2.12. The van der Waals surface area contributed by atoms with Gasteiger partial charge in [-0.1, -0.05) is 90.8 Å². The van der Waals surface area contributed by atoms with Crippen LogP contribution in [-0.4, -0.2) is 30.6 Å². The molecule has 5 nitrogen and oxygen atoms in total. The summed E-state index contributed by atoms with van der Waals surface area (Å²) in [6.07, 6.45) is 4.66. The second-order valence-corrected chi connectivity index (χ2v) is 14.2. The van der Waals surface area contributed by atoms with Crippen molar-refractivity contribution in [3.8, 4) is 11.5 Å². The third kappa shape index (κ3) is 18.6. The molecule has 0 N–H and O–H groups in total. The van der Waals surface area contributed by atoms with Crippen LogP contribution in [0.3, 0.4) is 0 Å². The Kier molecular flexibility index (Phi) is 20.1. The largest absolute Gasteiger partial charge is 0.494 e. The van der Waals surface area contributed by atoms with Gasteiger partial charge in [0.25, 0.3) is 0 Å². The van der Waals surface area contributed by atoms with Gasteiger partial charge in [-0.2, -0.15) is 0 Å². The van der Waals surface area contributed by atoms with Crippen LogP contribution in [0.4, 0.5) is 0 Å². The average molecular weight is 659 g/mol. The number of ketones is 3. The number of ether oxygens (including phenoxy) is 2. The van der Waals surface area contributed by atoms with Crippen LogP contribution in [0.2, 0.25) is 0 Å². The zero-order valence-electron chi connectivity index (χ0n) is 31.7. The minimum atomic E-state index is 0.165. The Bertz CT molecular complexity index is 1380. The number of benzene rings is 3. The van der Waals surface area contributed by atoms with Crippen LogP contribution in [-0.2, 0) is 16.0 Å². The van der Waals surface area contributed by atoms with Crippen molar-refractivity contribution in [1.82, 2.24) is 0 Å². The van der Waals surface area contributed by atoms with E-state index in [0.717, 1.165) is 47.6 Å². The van der Waals surface area contributed by atoms with Crippen LogP contribution in [0.5, 0.6) is 11.5 Å². The third-order valence-electron chi connectivity index (χ3n) is 7.48. The summed E-state index contributed by atoms with van der Waals surface area (Å²) in [5.41, 5.74) is 6.64. The number of Topliss-reactive ketones (excluding diaryl/α,β-unsaturated/α-hetero) is 3. The normalized spacial score (nSPS) is 10.6. The zero-order chi connectivity index (χ0) is 36.2. The second kappa shape index (κ2) is 22.8. The Morgan fingerprint density at radius 1 is 0.646 bits per heavy atom. The smallest absolute Gasteiger partial charge is 0.170 e. The van der Waals surface area contributed by atoms with E-state index in [1.54, 1.807) is 0 Å². The fraction of sp³-hybridized carbons (Fsp3) is 0.512. The first kappa shape index (κ1) is 42.3. The van der Waals surface area contributed by atoms with Crippen molar-refractivity contribution in [1.29, 1.82) is 0 Å². The van der Waals surface area contributed by atoms with E-state index in [1.807, 2.05) is 70.2 Å². The number of rotatable bonds is 16. The van der Waals surface area contributed by atoms with Crippen LogP contribution in [0.15, 0.2) is 60.7 Å². The van der Waals surface area contributed by atoms with Crippen LogP contribution >= 0.6 is 0 Å². The standard InChI is InChI=1S/2C15H22O2.C13H18O/c1-10(2)6-14(16)9-17-15-8-11(3)7-12(4)13(15)5;1-4-5-10-17-14-8-6-13(7-9-14)15(16)11-12(2)3;1-10(2)8-13(14)9-12-6-4-11(3)5-7-12/h7-8,10H,6,9H2,1-5H3;6-9,12H,4-5,10-11H2,1-3H3;4-7,10H,8-9H2,1-3H3. The Balaban J connectivity index is 0.000000362. The zero-order valence-corrected chi connectivity index (χ0v) is 31.7. The summed E-state index contributed by atoms with van der Waals surface area (Å²) in [5.74, 6) is 3.66. The van der Waals surface area contributed by atoms with Gasteiger partial charge in [0.05, 0.1) is 6.61 Å². The van der Waals surface area contributed by atoms with Crippen LogP contribution < -0.4 is 9.47 Å². The van der Waals surface area contributed by atoms with Crippen molar-refractivity contribution in [2.75, 3.05) is 13.2 Å². The van der Waals surface area contributed by atoms with Gasteiger partial charge in [-0.25, -0.2) is 0 Å². The maximum atomic E-state index is 11.8. The van der Waals surface area contributed by atoms with Crippen molar-refractivity contribution < 1.29 is 23.9 Å². The first-order valence-corrected chi connectivity index (χ1v) is 17.7. The molecular formula is C43H62O5. The summed E-state index contributed by atoms with van der Waals surface area (Å²) < 4.78 is 11.2. The van der Waals surface area contributed by atoms with E-state index in [2.05, 4.69) is 66.7 Å². The molecular weight excluding hydrogens is 596 g/mol. The number of hydrogen-bond acceptors (Lipinski definition) is 5. The first-order valence-electron chi connectivity index (χ1n) is 17.7. The van der Waals surface area contributed by atoms with Gasteiger partial charge in [0.2, 0.25) is 0 Å². The van der Waals surface area contributed by atoms with Gasteiger partial charge < -0.3 is 9.47 Å². The molecule has 0 heterocycles. The van der Waals surface area contributed by atoms with Gasteiger partial charge in [0, 0.05) is 31.2 Å². The highest BCUT2D eigenvalue weighted by molar-refractivity contribution is 5.96. The Labute approximate surface area is 291 Å². The highest BCUT2D eigenvalue weighted by atomic mass is 16.5. The number of unbranched alkanes of at least 4 members (excludes halogenated alkanes) is 1. The topological polar surface area (TPSA) is 69.7 Å². The van der Waals surface area contributed by atoms with E-state index >= 15 is 0 Å². The SMILES string of the molecule is CCCCOc1ccc(C(=O)CC(C)C)cc1.Cc1cc(C)c(C)c(OCC(=O)CC(C)C)c1.Cc1ccc(CC(=O)CC(C)C)cc1. The van der Waals surface area contributed by atoms with E-state index in [1.165, 1.54) is 16.7 Å². The molecule has 48 heavy (non-hydrogen) atoms. The Morgan fingerprint density at radius 3 is 1.75 bits per heavy atom. The molecule has 3 rings (SSSR count). The van der Waals surface area contributed by atoms with Crippen LogP contribution in [0.1, 0.15) is 119 Å². The highest BCUT2D eigenvalue weighted by Crippen LogP contribution is 2.23. The summed E-state index contributed by atoms with van der Waals surface area (Å²) in [6.45, 7) is 23.6. The number of carbonyl (C=O) groups excluding carboxylic acids is 3. The fourth-order valence-corrected chi connectivity index (χ4v) is 4.84. The minimum absolute atomic E-state index is 0.165. The summed E-state index contributed by atoms with van der Waals surface area (Å²) in [4.78, 5) is 34.9. The van der Waals surface area contributed by atoms with Gasteiger partial charge in [-0.15, -0.1) is 0 Å². The molecule has 3 aromatic rings. The van der Waals surface area contributed by atoms with E-state index in [4.69, 9.17) is 9.47 Å². The van der Waals surface area contributed by atoms with Crippen molar-refractivity contribution >= 4 is 17.3 Å². The maximum Gasteiger partial charge on any atom is 0.170 e. The molecule has 5 heteroatoms. The summed E-state index contributed by atoms with van der Waals surface area (Å²) >= 11 is 0. The summed E-state index contributed by atoms with van der Waals surface area (Å²) in [7, 11) is 0. The monoisotopic (exact) mass is 658 g/mol. The molecule has 0 fully saturated rings. The molecule has 0 aliphatic carbocycles. The lowest BCUT2D eigenvalue weighted by molar-refractivity contribution is -0.121. The fourth-order valence-electron chi connectivity index (χ4n) is 4.84. The van der Waals surface area contributed by atoms with Gasteiger partial charge in [-0.05, 0) is 104 Å². The van der Waals surface area contributed by atoms with Crippen molar-refractivity contribution in [2.45, 2.75) is 115 Å². The van der Waals surface area contributed by atoms with E-state index in [-0.39, 0.29) is 18.2 Å². The molecule has 0 spiro atoms. The first-order chi connectivity index (χ1) is 22.6. The second-order valence-electron chi connectivity index (χ2n) is 14.2. The van der Waals surface area contributed by atoms with Crippen molar-refractivity contribution in [2.24, 2.45) is 17.8 Å². The van der Waals surface area contributed by atoms with E-state index in [0.29, 0.717) is 49.2 Å². The predicted molar refractivity (Wildman–Crippen MR) is 201 cm³/mol. The molecule has 3 aromatic carbocycles. The van der Waals surface area contributed by atoms with E-state index in [9.17, 15) is 14.4 Å². The number of hydrogen-bond donors (Lipinski definition) is 0. The lowest BCUT2D eigenvalue weighted by atomic mass is 10.0. The summed E-state index contributed by atoms with van der Waals surface area (Å²) in [6, 6.07) is 19.8. The molecule has 0 saturated carbocycles. The van der Waals surface area contributed by atoms with Gasteiger partial charge >= 0.3 is 0 Å². The van der Waals surface area contributed by atoms with Gasteiger partial charge in [0.1, 0.15) is 23.9 Å². The Hall–Kier alpha value is -3.73. The summed E-state index contributed by atoms with van der Waals surface area (Å²) in [5, 5.41) is 0. The van der Waals surface area contributed by atoms with Crippen molar-refractivity contribution in [3.63, 3.8) is 0 Å². The van der Waals surface area contributed by atoms with Crippen LogP contribution in [0.25, 0.3) is 0 Å². The van der Waals surface area contributed by atoms with Gasteiger partial charge in [-0.3, -0.25) is 14.4 Å². The molecule has 0 aromatic heterocycles. The van der Waals surface area contributed by atoms with Crippen molar-refractivity contribution in [3.05, 3.63) is 94.0 Å². The van der Waals surface area contributed by atoms with E-state index < -0.39 is 0 Å². The average Bonchev–Trinajstić information content (AvgIpc) is 2.99. The quantitative estimate of drug-likeness (QED) is 0.113. The molecule has 0 amide bonds. The molecule has 0 radical (unpaired) electrons. The van der Waals surface area contributed by atoms with Crippen LogP contribution in [0, 0.1) is 45.4 Å². The predicted octanol–water partition coefficient (Wildman–Crippen LogP) is 10.9. The maximum absolute atomic E-state index is 11.8. The molecule has 264 valence electrons. The molecule has 0 aliphatic heterocycles. The number of carbonyl (C=O) groups is 3. The third-order valence-corrected chi connectivity index (χ3v) is 7.48.